The van der Waals surface area contributed by atoms with Crippen molar-refractivity contribution in [1.29, 1.82) is 5.26 Å². The zero-order valence-corrected chi connectivity index (χ0v) is 7.70. The first-order valence-electron chi connectivity index (χ1n) is 4.10. The first-order valence-corrected chi connectivity index (χ1v) is 4.10. The van der Waals surface area contributed by atoms with E-state index in [9.17, 15) is 0 Å². The van der Waals surface area contributed by atoms with Gasteiger partial charge in [-0.25, -0.2) is 0 Å². The van der Waals surface area contributed by atoms with Crippen LogP contribution in [0.4, 0.5) is 5.69 Å². The van der Waals surface area contributed by atoms with Crippen molar-refractivity contribution >= 4 is 5.69 Å². The minimum absolute atomic E-state index is 0.688. The van der Waals surface area contributed by atoms with Gasteiger partial charge in [-0.05, 0) is 18.2 Å². The highest BCUT2D eigenvalue weighted by Gasteiger charge is 1.98. The van der Waals surface area contributed by atoms with Gasteiger partial charge in [-0.3, -0.25) is 0 Å². The lowest BCUT2D eigenvalue weighted by Crippen LogP contribution is -2.16. The first kappa shape index (κ1) is 9.34. The van der Waals surface area contributed by atoms with Crippen LogP contribution in [0.5, 0.6) is 0 Å². The van der Waals surface area contributed by atoms with Gasteiger partial charge in [-0.1, -0.05) is 12.1 Å². The number of likely N-dealkylation sites (N-methyl/N-ethyl adjacent to an activating group) is 1. The fourth-order valence-corrected chi connectivity index (χ4v) is 1.11. The molecule has 2 heteroatoms. The molecule has 0 aromatic heterocycles. The SMILES string of the molecule is C=CCN(C)c1cccc(C#N)c1. The highest BCUT2D eigenvalue weighted by molar-refractivity contribution is 5.51. The second kappa shape index (κ2) is 4.32. The fourth-order valence-electron chi connectivity index (χ4n) is 1.11. The predicted molar refractivity (Wildman–Crippen MR) is 54.6 cm³/mol. The van der Waals surface area contributed by atoms with Gasteiger partial charge in [0, 0.05) is 19.3 Å². The Morgan fingerprint density at radius 1 is 1.62 bits per heavy atom. The molecule has 0 aliphatic rings. The molecule has 0 saturated carbocycles. The molecule has 0 atom stereocenters. The number of nitrogens with zero attached hydrogens (tertiary/aromatic N) is 2. The summed E-state index contributed by atoms with van der Waals surface area (Å²) in [5.41, 5.74) is 1.73. The molecule has 1 aromatic carbocycles. The van der Waals surface area contributed by atoms with E-state index in [4.69, 9.17) is 5.26 Å². The monoisotopic (exact) mass is 172 g/mol. The Labute approximate surface area is 78.7 Å². The zero-order valence-electron chi connectivity index (χ0n) is 7.70. The van der Waals surface area contributed by atoms with Crippen LogP contribution in [0, 0.1) is 11.3 Å². The van der Waals surface area contributed by atoms with E-state index in [1.165, 1.54) is 0 Å². The molecule has 1 aromatic rings. The molecule has 0 radical (unpaired) electrons. The fraction of sp³-hybridized carbons (Fsp3) is 0.182. The maximum atomic E-state index is 8.69. The second-order valence-electron chi connectivity index (χ2n) is 2.83. The Morgan fingerprint density at radius 3 is 3.00 bits per heavy atom. The van der Waals surface area contributed by atoms with Crippen molar-refractivity contribution < 1.29 is 0 Å². The topological polar surface area (TPSA) is 27.0 Å². The molecule has 2 nitrogen and oxygen atoms in total. The average molecular weight is 172 g/mol. The van der Waals surface area contributed by atoms with E-state index in [-0.39, 0.29) is 0 Å². The van der Waals surface area contributed by atoms with Crippen LogP contribution in [0.3, 0.4) is 0 Å². The smallest absolute Gasteiger partial charge is 0.0992 e. The summed E-state index contributed by atoms with van der Waals surface area (Å²) in [6, 6.07) is 9.63. The van der Waals surface area contributed by atoms with Crippen molar-refractivity contribution in [2.45, 2.75) is 0 Å². The van der Waals surface area contributed by atoms with Gasteiger partial charge in [0.05, 0.1) is 11.6 Å². The van der Waals surface area contributed by atoms with E-state index < -0.39 is 0 Å². The lowest BCUT2D eigenvalue weighted by molar-refractivity contribution is 1.03. The molecule has 0 unspecified atom stereocenters. The quantitative estimate of drug-likeness (QED) is 0.653. The Balaban J connectivity index is 2.89. The number of hydrogen-bond acceptors (Lipinski definition) is 2. The van der Waals surface area contributed by atoms with Crippen LogP contribution >= 0.6 is 0 Å². The normalized spacial score (nSPS) is 8.92. The van der Waals surface area contributed by atoms with Crippen molar-refractivity contribution in [3.05, 3.63) is 42.5 Å². The van der Waals surface area contributed by atoms with Crippen LogP contribution in [-0.2, 0) is 0 Å². The van der Waals surface area contributed by atoms with E-state index in [0.717, 1.165) is 12.2 Å². The summed E-state index contributed by atoms with van der Waals surface area (Å²) < 4.78 is 0. The number of nitriles is 1. The van der Waals surface area contributed by atoms with Crippen LogP contribution in [-0.4, -0.2) is 13.6 Å². The summed E-state index contributed by atoms with van der Waals surface area (Å²) >= 11 is 0. The van der Waals surface area contributed by atoms with Gasteiger partial charge in [0.1, 0.15) is 0 Å². The van der Waals surface area contributed by atoms with Crippen LogP contribution in [0.2, 0.25) is 0 Å². The summed E-state index contributed by atoms with van der Waals surface area (Å²) in [4.78, 5) is 2.04. The molecule has 0 spiro atoms. The Hall–Kier alpha value is -1.75. The third kappa shape index (κ3) is 2.34. The molecule has 66 valence electrons. The molecule has 0 saturated heterocycles. The van der Waals surface area contributed by atoms with Crippen molar-refractivity contribution in [2.24, 2.45) is 0 Å². The van der Waals surface area contributed by atoms with Gasteiger partial charge in [0.2, 0.25) is 0 Å². The Bertz CT molecular complexity index is 336. The van der Waals surface area contributed by atoms with Crippen LogP contribution in [0.15, 0.2) is 36.9 Å². The van der Waals surface area contributed by atoms with Crippen molar-refractivity contribution in [2.75, 3.05) is 18.5 Å². The van der Waals surface area contributed by atoms with Gasteiger partial charge in [0.25, 0.3) is 0 Å². The second-order valence-corrected chi connectivity index (χ2v) is 2.83. The minimum atomic E-state index is 0.688. The number of rotatable bonds is 3. The molecule has 0 heterocycles. The van der Waals surface area contributed by atoms with Crippen molar-refractivity contribution in [1.82, 2.24) is 0 Å². The molecule has 0 fully saturated rings. The summed E-state index contributed by atoms with van der Waals surface area (Å²) in [6.07, 6.45) is 1.83. The third-order valence-electron chi connectivity index (χ3n) is 1.82. The lowest BCUT2D eigenvalue weighted by atomic mass is 10.2. The van der Waals surface area contributed by atoms with E-state index in [1.807, 2.05) is 36.2 Å². The minimum Gasteiger partial charge on any atom is -0.371 e. The van der Waals surface area contributed by atoms with Gasteiger partial charge in [-0.2, -0.15) is 5.26 Å². The molecule has 0 N–H and O–H groups in total. The highest BCUT2D eigenvalue weighted by Crippen LogP contribution is 2.13. The van der Waals surface area contributed by atoms with Gasteiger partial charge >= 0.3 is 0 Å². The van der Waals surface area contributed by atoms with Gasteiger partial charge in [0.15, 0.2) is 0 Å². The van der Waals surface area contributed by atoms with Gasteiger partial charge in [-0.15, -0.1) is 6.58 Å². The Morgan fingerprint density at radius 2 is 2.38 bits per heavy atom. The molecular weight excluding hydrogens is 160 g/mol. The highest BCUT2D eigenvalue weighted by atomic mass is 15.1. The third-order valence-corrected chi connectivity index (χ3v) is 1.82. The summed E-state index contributed by atoms with van der Waals surface area (Å²) in [5, 5.41) is 8.69. The van der Waals surface area contributed by atoms with Crippen LogP contribution in [0.25, 0.3) is 0 Å². The van der Waals surface area contributed by atoms with E-state index in [2.05, 4.69) is 12.6 Å². The van der Waals surface area contributed by atoms with Crippen molar-refractivity contribution in [3.8, 4) is 6.07 Å². The maximum Gasteiger partial charge on any atom is 0.0992 e. The molecule has 1 rings (SSSR count). The van der Waals surface area contributed by atoms with E-state index in [0.29, 0.717) is 5.56 Å². The molecule has 0 aliphatic carbocycles. The zero-order chi connectivity index (χ0) is 9.68. The largest absolute Gasteiger partial charge is 0.371 e. The van der Waals surface area contributed by atoms with E-state index in [1.54, 1.807) is 6.07 Å². The molecule has 0 aliphatic heterocycles. The van der Waals surface area contributed by atoms with E-state index >= 15 is 0 Å². The average Bonchev–Trinajstić information content (AvgIpc) is 2.18. The summed E-state index contributed by atoms with van der Waals surface area (Å²) in [5.74, 6) is 0. The Kier molecular flexibility index (Phi) is 3.10. The number of anilines is 1. The molecule has 13 heavy (non-hydrogen) atoms. The van der Waals surface area contributed by atoms with Crippen molar-refractivity contribution in [3.63, 3.8) is 0 Å². The van der Waals surface area contributed by atoms with Crippen LogP contribution in [0.1, 0.15) is 5.56 Å². The summed E-state index contributed by atoms with van der Waals surface area (Å²) in [7, 11) is 1.97. The molecule has 0 bridgehead atoms. The maximum absolute atomic E-state index is 8.69. The summed E-state index contributed by atoms with van der Waals surface area (Å²) in [6.45, 7) is 4.45. The number of hydrogen-bond donors (Lipinski definition) is 0. The lowest BCUT2D eigenvalue weighted by Gasteiger charge is -2.16. The number of benzene rings is 1. The molecular formula is C11H12N2. The van der Waals surface area contributed by atoms with Crippen LogP contribution < -0.4 is 4.90 Å². The standard InChI is InChI=1S/C11H12N2/c1-3-7-13(2)11-6-4-5-10(8-11)9-12/h3-6,8H,1,7H2,2H3. The molecule has 0 amide bonds. The van der Waals surface area contributed by atoms with Gasteiger partial charge < -0.3 is 4.90 Å². The first-order chi connectivity index (χ1) is 6.27. The predicted octanol–water partition coefficient (Wildman–Crippen LogP) is 2.18.